The first-order chi connectivity index (χ1) is 8.15. The Balaban J connectivity index is 2.04. The van der Waals surface area contributed by atoms with E-state index in [1.54, 1.807) is 0 Å². The maximum Gasteiger partial charge on any atom is 0.227 e. The third-order valence-electron chi connectivity index (χ3n) is 2.77. The predicted octanol–water partition coefficient (Wildman–Crippen LogP) is 3.26. The molecule has 0 spiro atoms. The number of carbonyl (C=O) groups excluding carboxylic acids is 1. The molecule has 1 aromatic rings. The van der Waals surface area contributed by atoms with Crippen molar-refractivity contribution in [3.63, 3.8) is 0 Å². The molecule has 0 heterocycles. The van der Waals surface area contributed by atoms with Crippen LogP contribution >= 0.6 is 0 Å². The first-order valence-corrected chi connectivity index (χ1v) is 5.57. The lowest BCUT2D eigenvalue weighted by Gasteiger charge is -2.17. The molecular formula is C13H13F2NO. The summed E-state index contributed by atoms with van der Waals surface area (Å²) >= 11 is 0. The molecule has 4 heteroatoms. The highest BCUT2D eigenvalue weighted by molar-refractivity contribution is 5.92. The van der Waals surface area contributed by atoms with Gasteiger partial charge in [-0.3, -0.25) is 4.79 Å². The summed E-state index contributed by atoms with van der Waals surface area (Å²) < 4.78 is 25.8. The van der Waals surface area contributed by atoms with E-state index < -0.39 is 11.6 Å². The van der Waals surface area contributed by atoms with E-state index in [2.05, 4.69) is 5.32 Å². The van der Waals surface area contributed by atoms with Gasteiger partial charge in [0, 0.05) is 17.7 Å². The molecule has 0 fully saturated rings. The molecule has 1 amide bonds. The Labute approximate surface area is 98.3 Å². The van der Waals surface area contributed by atoms with Crippen LogP contribution in [0.25, 0.3) is 0 Å². The predicted molar refractivity (Wildman–Crippen MR) is 61.5 cm³/mol. The molecule has 1 N–H and O–H groups in total. The van der Waals surface area contributed by atoms with Crippen LogP contribution in [0.15, 0.2) is 30.4 Å². The van der Waals surface area contributed by atoms with E-state index in [4.69, 9.17) is 0 Å². The maximum atomic E-state index is 12.9. The SMILES string of the molecule is O=C(Nc1cc(F)cc(F)c1)C1CC=CCC1. The molecule has 0 saturated carbocycles. The number of hydrogen-bond donors (Lipinski definition) is 1. The van der Waals surface area contributed by atoms with E-state index in [-0.39, 0.29) is 17.5 Å². The van der Waals surface area contributed by atoms with Gasteiger partial charge in [0.1, 0.15) is 11.6 Å². The number of anilines is 1. The number of benzene rings is 1. The van der Waals surface area contributed by atoms with Crippen molar-refractivity contribution in [3.05, 3.63) is 42.0 Å². The van der Waals surface area contributed by atoms with Crippen LogP contribution in [0.3, 0.4) is 0 Å². The molecule has 90 valence electrons. The maximum absolute atomic E-state index is 12.9. The van der Waals surface area contributed by atoms with Crippen LogP contribution in [0, 0.1) is 17.6 Å². The Bertz CT molecular complexity index is 436. The van der Waals surface area contributed by atoms with Crippen molar-refractivity contribution in [2.75, 3.05) is 5.32 Å². The second-order valence-electron chi connectivity index (χ2n) is 4.13. The van der Waals surface area contributed by atoms with Crippen molar-refractivity contribution in [1.82, 2.24) is 0 Å². The highest BCUT2D eigenvalue weighted by Crippen LogP contribution is 2.21. The van der Waals surface area contributed by atoms with E-state index in [0.717, 1.165) is 31.0 Å². The van der Waals surface area contributed by atoms with E-state index in [1.807, 2.05) is 12.2 Å². The van der Waals surface area contributed by atoms with Crippen molar-refractivity contribution in [2.45, 2.75) is 19.3 Å². The number of nitrogens with one attached hydrogen (secondary N) is 1. The minimum atomic E-state index is -0.691. The fourth-order valence-corrected chi connectivity index (χ4v) is 1.90. The summed E-state index contributed by atoms with van der Waals surface area (Å²) in [7, 11) is 0. The molecule has 0 radical (unpaired) electrons. The minimum absolute atomic E-state index is 0.105. The van der Waals surface area contributed by atoms with Gasteiger partial charge in [0.15, 0.2) is 0 Å². The smallest absolute Gasteiger partial charge is 0.227 e. The summed E-state index contributed by atoms with van der Waals surface area (Å²) in [6, 6.07) is 3.00. The highest BCUT2D eigenvalue weighted by atomic mass is 19.1. The van der Waals surface area contributed by atoms with Crippen LogP contribution in [-0.4, -0.2) is 5.91 Å². The van der Waals surface area contributed by atoms with Gasteiger partial charge in [0.05, 0.1) is 0 Å². The van der Waals surface area contributed by atoms with Crippen molar-refractivity contribution in [1.29, 1.82) is 0 Å². The van der Waals surface area contributed by atoms with Crippen molar-refractivity contribution >= 4 is 11.6 Å². The molecule has 2 rings (SSSR count). The van der Waals surface area contributed by atoms with Crippen molar-refractivity contribution < 1.29 is 13.6 Å². The topological polar surface area (TPSA) is 29.1 Å². The number of hydrogen-bond acceptors (Lipinski definition) is 1. The van der Waals surface area contributed by atoms with Gasteiger partial charge in [-0.15, -0.1) is 0 Å². The zero-order valence-electron chi connectivity index (χ0n) is 9.25. The Kier molecular flexibility index (Phi) is 3.52. The Morgan fingerprint density at radius 2 is 1.88 bits per heavy atom. The fraction of sp³-hybridized carbons (Fsp3) is 0.308. The number of rotatable bonds is 2. The molecular weight excluding hydrogens is 224 g/mol. The first kappa shape index (κ1) is 11.8. The summed E-state index contributed by atoms with van der Waals surface area (Å²) in [5.74, 6) is -1.67. The third-order valence-corrected chi connectivity index (χ3v) is 2.77. The van der Waals surface area contributed by atoms with Gasteiger partial charge in [0.2, 0.25) is 5.91 Å². The standard InChI is InChI=1S/C13H13F2NO/c14-10-6-11(15)8-12(7-10)16-13(17)9-4-2-1-3-5-9/h1-2,6-9H,3-5H2,(H,16,17). The minimum Gasteiger partial charge on any atom is -0.326 e. The van der Waals surface area contributed by atoms with E-state index in [1.165, 1.54) is 0 Å². The molecule has 1 unspecified atom stereocenters. The van der Waals surface area contributed by atoms with Crippen molar-refractivity contribution in [2.24, 2.45) is 5.92 Å². The molecule has 17 heavy (non-hydrogen) atoms. The lowest BCUT2D eigenvalue weighted by atomic mass is 9.93. The Hall–Kier alpha value is -1.71. The number of amides is 1. The van der Waals surface area contributed by atoms with Crippen LogP contribution in [0.1, 0.15) is 19.3 Å². The van der Waals surface area contributed by atoms with Gasteiger partial charge in [-0.25, -0.2) is 8.78 Å². The zero-order chi connectivity index (χ0) is 12.3. The second kappa shape index (κ2) is 5.08. The summed E-state index contributed by atoms with van der Waals surface area (Å²) in [5, 5.41) is 2.54. The van der Waals surface area contributed by atoms with Gasteiger partial charge >= 0.3 is 0 Å². The average molecular weight is 237 g/mol. The van der Waals surface area contributed by atoms with Crippen LogP contribution < -0.4 is 5.32 Å². The Morgan fingerprint density at radius 3 is 2.47 bits per heavy atom. The number of carbonyl (C=O) groups is 1. The molecule has 1 aromatic carbocycles. The third kappa shape index (κ3) is 3.12. The van der Waals surface area contributed by atoms with Crippen LogP contribution in [0.4, 0.5) is 14.5 Å². The van der Waals surface area contributed by atoms with Gasteiger partial charge in [0.25, 0.3) is 0 Å². The molecule has 0 aromatic heterocycles. The monoisotopic (exact) mass is 237 g/mol. The first-order valence-electron chi connectivity index (χ1n) is 5.57. The van der Waals surface area contributed by atoms with Crippen LogP contribution in [0.5, 0.6) is 0 Å². The summed E-state index contributed by atoms with van der Waals surface area (Å²) in [6.07, 6.45) is 6.32. The molecule has 0 bridgehead atoms. The van der Waals surface area contributed by atoms with Gasteiger partial charge in [-0.2, -0.15) is 0 Å². The highest BCUT2D eigenvalue weighted by Gasteiger charge is 2.18. The lowest BCUT2D eigenvalue weighted by molar-refractivity contribution is -0.120. The van der Waals surface area contributed by atoms with Crippen LogP contribution in [0.2, 0.25) is 0 Å². The molecule has 0 aliphatic heterocycles. The summed E-state index contributed by atoms with van der Waals surface area (Å²) in [5.41, 5.74) is 0.169. The molecule has 1 aliphatic rings. The Morgan fingerprint density at radius 1 is 1.18 bits per heavy atom. The average Bonchev–Trinajstić information content (AvgIpc) is 2.28. The quantitative estimate of drug-likeness (QED) is 0.786. The summed E-state index contributed by atoms with van der Waals surface area (Å²) in [4.78, 5) is 11.8. The van der Waals surface area contributed by atoms with Gasteiger partial charge in [-0.1, -0.05) is 12.2 Å². The van der Waals surface area contributed by atoms with E-state index >= 15 is 0 Å². The molecule has 1 aliphatic carbocycles. The van der Waals surface area contributed by atoms with Gasteiger partial charge < -0.3 is 5.32 Å². The lowest BCUT2D eigenvalue weighted by Crippen LogP contribution is -2.23. The summed E-state index contributed by atoms with van der Waals surface area (Å²) in [6.45, 7) is 0. The van der Waals surface area contributed by atoms with Crippen LogP contribution in [-0.2, 0) is 4.79 Å². The molecule has 2 nitrogen and oxygen atoms in total. The van der Waals surface area contributed by atoms with E-state index in [0.29, 0.717) is 6.42 Å². The largest absolute Gasteiger partial charge is 0.326 e. The molecule has 1 atom stereocenters. The number of halogens is 2. The van der Waals surface area contributed by atoms with Gasteiger partial charge in [-0.05, 0) is 31.4 Å². The fourth-order valence-electron chi connectivity index (χ4n) is 1.90. The number of allylic oxidation sites excluding steroid dienone is 2. The molecule has 0 saturated heterocycles. The second-order valence-corrected chi connectivity index (χ2v) is 4.13. The van der Waals surface area contributed by atoms with Crippen molar-refractivity contribution in [3.8, 4) is 0 Å². The zero-order valence-corrected chi connectivity index (χ0v) is 9.25. The van der Waals surface area contributed by atoms with E-state index in [9.17, 15) is 13.6 Å². The normalized spacial score (nSPS) is 19.1.